The second-order valence-corrected chi connectivity index (χ2v) is 7.64. The minimum absolute atomic E-state index is 0.132. The minimum Gasteiger partial charge on any atom is -0.399 e. The Bertz CT molecular complexity index is 880. The smallest absolute Gasteiger partial charge is 0.239 e. The summed E-state index contributed by atoms with van der Waals surface area (Å²) in [7, 11) is 0. The first-order chi connectivity index (χ1) is 12.0. The Morgan fingerprint density at radius 1 is 1.28 bits per heavy atom. The van der Waals surface area contributed by atoms with Crippen LogP contribution in [-0.2, 0) is 4.79 Å². The van der Waals surface area contributed by atoms with Crippen LogP contribution in [0.5, 0.6) is 0 Å². The van der Waals surface area contributed by atoms with Crippen molar-refractivity contribution in [1.29, 1.82) is 0 Å². The minimum atomic E-state index is -0.292. The molecule has 2 aromatic carbocycles. The molecule has 3 N–H and O–H groups in total. The van der Waals surface area contributed by atoms with Gasteiger partial charge in [0.05, 0.1) is 10.9 Å². The average molecular weight is 373 g/mol. The third-order valence-electron chi connectivity index (χ3n) is 3.41. The number of hydrogen-bond acceptors (Lipinski definition) is 5. The number of amides is 1. The zero-order valence-corrected chi connectivity index (χ0v) is 15.0. The van der Waals surface area contributed by atoms with Crippen molar-refractivity contribution in [2.45, 2.75) is 17.1 Å². The number of nitrogens with one attached hydrogen (secondary N) is 1. The molecule has 1 aromatic heterocycles. The van der Waals surface area contributed by atoms with Crippen molar-refractivity contribution in [2.75, 3.05) is 11.1 Å². The molecule has 1 amide bonds. The largest absolute Gasteiger partial charge is 0.399 e. The molecule has 0 aliphatic rings. The summed E-state index contributed by atoms with van der Waals surface area (Å²) >= 11 is 2.77. The molecule has 4 nitrogen and oxygen atoms in total. The van der Waals surface area contributed by atoms with E-state index in [1.807, 2.05) is 30.5 Å². The molecule has 0 fully saturated rings. The summed E-state index contributed by atoms with van der Waals surface area (Å²) in [6.07, 6.45) is 0. The van der Waals surface area contributed by atoms with Crippen LogP contribution in [-0.4, -0.2) is 16.1 Å². The van der Waals surface area contributed by atoms with Gasteiger partial charge in [-0.15, -0.1) is 23.1 Å². The zero-order valence-electron chi connectivity index (χ0n) is 13.4. The number of thioether (sulfide) groups is 1. The Kier molecular flexibility index (Phi) is 5.35. The normalized spacial score (nSPS) is 11.9. The lowest BCUT2D eigenvalue weighted by atomic mass is 10.2. The van der Waals surface area contributed by atoms with Gasteiger partial charge < -0.3 is 11.1 Å². The number of rotatable bonds is 5. The van der Waals surface area contributed by atoms with Gasteiger partial charge in [-0.1, -0.05) is 6.07 Å². The monoisotopic (exact) mass is 373 g/mol. The van der Waals surface area contributed by atoms with Crippen LogP contribution in [0, 0.1) is 5.82 Å². The molecule has 0 bridgehead atoms. The molecule has 0 spiro atoms. The number of halogens is 1. The van der Waals surface area contributed by atoms with Gasteiger partial charge in [-0.2, -0.15) is 0 Å². The maximum absolute atomic E-state index is 13.0. The topological polar surface area (TPSA) is 68.0 Å². The predicted octanol–water partition coefficient (Wildman–Crippen LogP) is 4.65. The lowest BCUT2D eigenvalue weighted by Gasteiger charge is -2.10. The molecule has 1 unspecified atom stereocenters. The fourth-order valence-corrected chi connectivity index (χ4v) is 3.80. The third-order valence-corrected chi connectivity index (χ3v) is 5.27. The van der Waals surface area contributed by atoms with Gasteiger partial charge >= 0.3 is 0 Å². The molecule has 7 heteroatoms. The van der Waals surface area contributed by atoms with Crippen molar-refractivity contribution in [1.82, 2.24) is 4.98 Å². The van der Waals surface area contributed by atoms with Gasteiger partial charge in [0.15, 0.2) is 5.13 Å². The number of carbonyl (C=O) groups excluding carboxylic acids is 1. The summed E-state index contributed by atoms with van der Waals surface area (Å²) in [4.78, 5) is 17.7. The van der Waals surface area contributed by atoms with Crippen LogP contribution in [0.4, 0.5) is 15.2 Å². The summed E-state index contributed by atoms with van der Waals surface area (Å²) in [6.45, 7) is 1.83. The van der Waals surface area contributed by atoms with Crippen molar-refractivity contribution < 1.29 is 9.18 Å². The fraction of sp³-hybridized carbons (Fsp3) is 0.111. The fourth-order valence-electron chi connectivity index (χ4n) is 2.14. The highest BCUT2D eigenvalue weighted by Gasteiger charge is 2.16. The van der Waals surface area contributed by atoms with Gasteiger partial charge in [0.25, 0.3) is 0 Å². The number of hydrogen-bond donors (Lipinski definition) is 2. The molecule has 0 aliphatic heterocycles. The second kappa shape index (κ2) is 7.67. The van der Waals surface area contributed by atoms with Gasteiger partial charge in [-0.25, -0.2) is 9.37 Å². The maximum Gasteiger partial charge on any atom is 0.239 e. The van der Waals surface area contributed by atoms with Crippen LogP contribution in [0.3, 0.4) is 0 Å². The quantitative estimate of drug-likeness (QED) is 0.504. The number of thiazole rings is 1. The highest BCUT2D eigenvalue weighted by atomic mass is 32.2. The van der Waals surface area contributed by atoms with E-state index in [1.165, 1.54) is 35.2 Å². The van der Waals surface area contributed by atoms with E-state index in [9.17, 15) is 9.18 Å². The Morgan fingerprint density at radius 2 is 2.04 bits per heavy atom. The van der Waals surface area contributed by atoms with Crippen LogP contribution in [0.15, 0.2) is 58.8 Å². The molecular formula is C18H16FN3OS2. The molecule has 25 heavy (non-hydrogen) atoms. The third kappa shape index (κ3) is 4.58. The number of nitrogens with two attached hydrogens (primary N) is 1. The van der Waals surface area contributed by atoms with Crippen molar-refractivity contribution >= 4 is 39.8 Å². The first kappa shape index (κ1) is 17.4. The van der Waals surface area contributed by atoms with Gasteiger partial charge in [0, 0.05) is 21.5 Å². The first-order valence-corrected chi connectivity index (χ1v) is 9.32. The molecule has 0 saturated carbocycles. The number of anilines is 2. The van der Waals surface area contributed by atoms with Crippen LogP contribution in [0.1, 0.15) is 6.92 Å². The Labute approximate surface area is 153 Å². The Morgan fingerprint density at radius 3 is 2.76 bits per heavy atom. The Hall–Kier alpha value is -2.38. The molecule has 3 aromatic rings. The Balaban J connectivity index is 1.64. The van der Waals surface area contributed by atoms with E-state index in [2.05, 4.69) is 10.3 Å². The van der Waals surface area contributed by atoms with E-state index in [-0.39, 0.29) is 17.0 Å². The van der Waals surface area contributed by atoms with E-state index in [0.29, 0.717) is 16.5 Å². The molecule has 1 atom stereocenters. The highest BCUT2D eigenvalue weighted by Crippen LogP contribution is 2.28. The zero-order chi connectivity index (χ0) is 17.8. The highest BCUT2D eigenvalue weighted by molar-refractivity contribution is 8.00. The van der Waals surface area contributed by atoms with Crippen molar-refractivity contribution in [3.63, 3.8) is 0 Å². The number of nitrogen functional groups attached to an aromatic ring is 1. The van der Waals surface area contributed by atoms with Crippen LogP contribution in [0.2, 0.25) is 0 Å². The van der Waals surface area contributed by atoms with Crippen molar-refractivity contribution in [3.8, 4) is 11.3 Å². The van der Waals surface area contributed by atoms with Crippen molar-refractivity contribution in [2.24, 2.45) is 0 Å². The van der Waals surface area contributed by atoms with Gasteiger partial charge in [0.2, 0.25) is 5.91 Å². The molecule has 0 radical (unpaired) electrons. The molecule has 128 valence electrons. The van der Waals surface area contributed by atoms with Crippen LogP contribution < -0.4 is 11.1 Å². The average Bonchev–Trinajstić information content (AvgIpc) is 3.04. The molecule has 3 rings (SSSR count). The van der Waals surface area contributed by atoms with E-state index in [1.54, 1.807) is 18.2 Å². The van der Waals surface area contributed by atoms with Crippen LogP contribution in [0.25, 0.3) is 11.3 Å². The lowest BCUT2D eigenvalue weighted by molar-refractivity contribution is -0.115. The lowest BCUT2D eigenvalue weighted by Crippen LogP contribution is -2.22. The second-order valence-electron chi connectivity index (χ2n) is 5.37. The molecular weight excluding hydrogens is 357 g/mol. The van der Waals surface area contributed by atoms with Gasteiger partial charge in [0.1, 0.15) is 5.82 Å². The summed E-state index contributed by atoms with van der Waals surface area (Å²) < 4.78 is 13.0. The summed E-state index contributed by atoms with van der Waals surface area (Å²) in [5.41, 5.74) is 7.93. The van der Waals surface area contributed by atoms with E-state index < -0.39 is 0 Å². The molecule has 1 heterocycles. The summed E-state index contributed by atoms with van der Waals surface area (Å²) in [5, 5.41) is 4.88. The summed E-state index contributed by atoms with van der Waals surface area (Å²) in [6, 6.07) is 13.5. The van der Waals surface area contributed by atoms with Gasteiger partial charge in [-0.05, 0) is 49.4 Å². The molecule has 0 aliphatic carbocycles. The van der Waals surface area contributed by atoms with E-state index >= 15 is 0 Å². The summed E-state index contributed by atoms with van der Waals surface area (Å²) in [5.74, 6) is -0.424. The maximum atomic E-state index is 13.0. The van der Waals surface area contributed by atoms with Crippen molar-refractivity contribution in [3.05, 3.63) is 59.7 Å². The number of carbonyl (C=O) groups is 1. The number of nitrogens with zero attached hydrogens (tertiary/aromatic N) is 1. The standard InChI is InChI=1S/C18H16FN3OS2/c1-11(25-15-4-2-3-14(20)9-15)17(23)22-18-21-16(10-24-18)12-5-7-13(19)8-6-12/h2-11H,20H2,1H3,(H,21,22,23). The van der Waals surface area contributed by atoms with E-state index in [0.717, 1.165) is 10.5 Å². The predicted molar refractivity (Wildman–Crippen MR) is 102 cm³/mol. The van der Waals surface area contributed by atoms with E-state index in [4.69, 9.17) is 5.73 Å². The number of aromatic nitrogens is 1. The SMILES string of the molecule is CC(Sc1cccc(N)c1)C(=O)Nc1nc(-c2ccc(F)cc2)cs1. The first-order valence-electron chi connectivity index (χ1n) is 7.56. The van der Waals surface area contributed by atoms with Gasteiger partial charge in [-0.3, -0.25) is 4.79 Å². The van der Waals surface area contributed by atoms with Crippen LogP contribution >= 0.6 is 23.1 Å². The molecule has 0 saturated heterocycles. The number of benzene rings is 2.